The summed E-state index contributed by atoms with van der Waals surface area (Å²) >= 11 is 0. The summed E-state index contributed by atoms with van der Waals surface area (Å²) in [5, 5.41) is 0. The van der Waals surface area contributed by atoms with Crippen LogP contribution in [0.25, 0.3) is 0 Å². The van der Waals surface area contributed by atoms with Crippen molar-refractivity contribution in [1.82, 2.24) is 0 Å². The quantitative estimate of drug-likeness (QED) is 0.315. The summed E-state index contributed by atoms with van der Waals surface area (Å²) in [5.41, 5.74) is 0. The molecule has 0 N–H and O–H groups in total. The van der Waals surface area contributed by atoms with Crippen molar-refractivity contribution in [3.63, 3.8) is 0 Å². The molecule has 1 unspecified atom stereocenters. The number of halogens is 3. The molecule has 0 fully saturated rings. The van der Waals surface area contributed by atoms with Crippen molar-refractivity contribution in [3.05, 3.63) is 0 Å². The van der Waals surface area contributed by atoms with Crippen LogP contribution in [0.3, 0.4) is 0 Å². The monoisotopic (exact) mass is 102 g/mol. The molecule has 32 valence electrons. The van der Waals surface area contributed by atoms with Gasteiger partial charge in [-0.25, -0.2) is 0 Å². The zero-order valence-electron chi connectivity index (χ0n) is 2.42. The summed E-state index contributed by atoms with van der Waals surface area (Å²) in [6, 6.07) is 0. The van der Waals surface area contributed by atoms with Crippen molar-refractivity contribution in [2.75, 3.05) is 0 Å². The molecule has 0 aliphatic carbocycles. The zero-order valence-corrected chi connectivity index (χ0v) is 3.83. The van der Waals surface area contributed by atoms with Crippen LogP contribution < -0.4 is 0 Å². The van der Waals surface area contributed by atoms with Gasteiger partial charge in [-0.15, -0.1) is 0 Å². The molecule has 0 aliphatic heterocycles. The molecule has 0 nitrogen and oxygen atoms in total. The highest BCUT2D eigenvalue weighted by atomic mass is 31.0. The van der Waals surface area contributed by atoms with Crippen molar-refractivity contribution in [2.45, 2.75) is 0 Å². The van der Waals surface area contributed by atoms with Gasteiger partial charge >= 0.3 is 7.54 Å². The molecular formula is H3BF3P. The highest BCUT2D eigenvalue weighted by Crippen LogP contribution is 1.80. The van der Waals surface area contributed by atoms with Gasteiger partial charge in [0.1, 0.15) is 0 Å². The van der Waals surface area contributed by atoms with Crippen molar-refractivity contribution < 1.29 is 12.9 Å². The first-order chi connectivity index (χ1) is 1.73. The molecule has 0 radical (unpaired) electrons. The maximum atomic E-state index is 9.67. The highest BCUT2D eigenvalue weighted by molar-refractivity contribution is 6.92. The minimum atomic E-state index is -3.67. The lowest BCUT2D eigenvalue weighted by atomic mass is 10.5. The summed E-state index contributed by atoms with van der Waals surface area (Å²) in [5.74, 6) is 0. The number of hydrogen-bond donors (Lipinski definition) is 0. The van der Waals surface area contributed by atoms with E-state index in [1.54, 1.807) is 0 Å². The van der Waals surface area contributed by atoms with Crippen LogP contribution in [-0.2, 0) is 0 Å². The normalized spacial score (nSPS) is 5.40. The van der Waals surface area contributed by atoms with Crippen molar-refractivity contribution in [2.24, 2.45) is 0 Å². The first-order valence-corrected chi connectivity index (χ1v) is 0.655. The van der Waals surface area contributed by atoms with E-state index in [1.165, 1.54) is 0 Å². The van der Waals surface area contributed by atoms with Crippen molar-refractivity contribution in [1.29, 1.82) is 0 Å². The van der Waals surface area contributed by atoms with Gasteiger partial charge in [0.05, 0.1) is 0 Å². The highest BCUT2D eigenvalue weighted by Gasteiger charge is 2.06. The minimum absolute atomic E-state index is 0. The summed E-state index contributed by atoms with van der Waals surface area (Å²) in [7, 11) is -3.67. The molecule has 0 aromatic carbocycles. The Balaban J connectivity index is 0. The number of rotatable bonds is 0. The second-order valence-electron chi connectivity index (χ2n) is 0.247. The van der Waals surface area contributed by atoms with Crippen LogP contribution in [0.1, 0.15) is 0 Å². The van der Waals surface area contributed by atoms with E-state index in [9.17, 15) is 12.9 Å². The van der Waals surface area contributed by atoms with E-state index < -0.39 is 7.54 Å². The summed E-state index contributed by atoms with van der Waals surface area (Å²) < 4.78 is 29.0. The molecule has 5 heteroatoms. The van der Waals surface area contributed by atoms with Gasteiger partial charge in [0.2, 0.25) is 0 Å². The van der Waals surface area contributed by atoms with E-state index in [4.69, 9.17) is 0 Å². The predicted molar refractivity (Wildman–Crippen MR) is 20.2 cm³/mol. The van der Waals surface area contributed by atoms with Gasteiger partial charge in [0.25, 0.3) is 0 Å². The third kappa shape index (κ3) is 276. The van der Waals surface area contributed by atoms with Gasteiger partial charge < -0.3 is 0 Å². The Morgan fingerprint density at radius 2 is 1.00 bits per heavy atom. The fourth-order valence-corrected chi connectivity index (χ4v) is 0. The van der Waals surface area contributed by atoms with Crippen LogP contribution in [0, 0.1) is 0 Å². The predicted octanol–water partition coefficient (Wildman–Crippen LogP) is 0.938. The third-order valence-electron chi connectivity index (χ3n) is 0. The van der Waals surface area contributed by atoms with Crippen LogP contribution in [0.2, 0.25) is 0 Å². The Bertz CT molecular complexity index is 11.6. The summed E-state index contributed by atoms with van der Waals surface area (Å²) in [4.78, 5) is 0. The van der Waals surface area contributed by atoms with Crippen LogP contribution >= 0.6 is 9.90 Å². The third-order valence-corrected chi connectivity index (χ3v) is 0. The van der Waals surface area contributed by atoms with Crippen LogP contribution in [0.5, 0.6) is 0 Å². The maximum Gasteiger partial charge on any atom is 0.762 e. The van der Waals surface area contributed by atoms with Crippen molar-refractivity contribution >= 4 is 17.4 Å². The summed E-state index contributed by atoms with van der Waals surface area (Å²) in [6.07, 6.45) is 0. The smallest absolute Gasteiger partial charge is 0.254 e. The molecule has 0 aliphatic rings. The fourth-order valence-electron chi connectivity index (χ4n) is 0. The molecule has 1 atom stereocenters. The molecule has 0 saturated heterocycles. The second-order valence-corrected chi connectivity index (χ2v) is 0.247. The molecule has 0 aromatic rings. The lowest BCUT2D eigenvalue weighted by Crippen LogP contribution is -1.76. The Hall–Kier alpha value is 0.285. The average Bonchev–Trinajstić information content (AvgIpc) is 0.811. The minimum Gasteiger partial charge on any atom is -0.254 e. The van der Waals surface area contributed by atoms with Crippen molar-refractivity contribution in [3.8, 4) is 0 Å². The second kappa shape index (κ2) is 4.28. The fraction of sp³-hybridized carbons (Fsp3) is 0. The molecule has 0 amide bonds. The molecule has 0 heterocycles. The Morgan fingerprint density at radius 1 is 1.00 bits per heavy atom. The average molecular weight is 102 g/mol. The van der Waals surface area contributed by atoms with Crippen LogP contribution in [0.15, 0.2) is 0 Å². The lowest BCUT2D eigenvalue weighted by Gasteiger charge is -1.55. The summed E-state index contributed by atoms with van der Waals surface area (Å²) in [6.45, 7) is 0. The Morgan fingerprint density at radius 3 is 1.00 bits per heavy atom. The Kier molecular flexibility index (Phi) is 7.71. The van der Waals surface area contributed by atoms with Crippen LogP contribution in [0.4, 0.5) is 12.9 Å². The standard InChI is InChI=1S/BF3.H3P/c2-1(3)4;/h;1H3. The van der Waals surface area contributed by atoms with E-state index >= 15 is 0 Å². The largest absolute Gasteiger partial charge is 0.762 e. The van der Waals surface area contributed by atoms with Gasteiger partial charge in [0, 0.05) is 0 Å². The van der Waals surface area contributed by atoms with Crippen LogP contribution in [-0.4, -0.2) is 7.54 Å². The first-order valence-electron chi connectivity index (χ1n) is 0.655. The van der Waals surface area contributed by atoms with Gasteiger partial charge in [-0.1, -0.05) is 0 Å². The SMILES string of the molecule is FB(F)F.P. The van der Waals surface area contributed by atoms with Gasteiger partial charge in [-0.3, -0.25) is 12.9 Å². The maximum absolute atomic E-state index is 9.67. The number of hydrogen-bond acceptors (Lipinski definition) is 0. The van der Waals surface area contributed by atoms with E-state index in [2.05, 4.69) is 0 Å². The topological polar surface area (TPSA) is 0 Å². The first kappa shape index (κ1) is 8.99. The molecule has 0 aromatic heterocycles. The molecule has 0 saturated carbocycles. The van der Waals surface area contributed by atoms with Gasteiger partial charge in [-0.05, 0) is 0 Å². The Labute approximate surface area is 31.6 Å². The van der Waals surface area contributed by atoms with E-state index in [-0.39, 0.29) is 9.90 Å². The molecule has 0 rings (SSSR count). The molecule has 0 spiro atoms. The molecule has 0 bridgehead atoms. The lowest BCUT2D eigenvalue weighted by molar-refractivity contribution is 0.535. The van der Waals surface area contributed by atoms with E-state index in [0.29, 0.717) is 0 Å². The van der Waals surface area contributed by atoms with Gasteiger partial charge in [0.15, 0.2) is 0 Å². The van der Waals surface area contributed by atoms with E-state index in [1.807, 2.05) is 0 Å². The van der Waals surface area contributed by atoms with E-state index in [0.717, 1.165) is 0 Å². The molecule has 5 heavy (non-hydrogen) atoms. The molecular weight excluding hydrogens is 98.8 g/mol. The van der Waals surface area contributed by atoms with Gasteiger partial charge in [-0.2, -0.15) is 9.90 Å². The zero-order chi connectivity index (χ0) is 3.58.